The first kappa shape index (κ1) is 45.4. The van der Waals surface area contributed by atoms with Gasteiger partial charge in [-0.05, 0) is 63.0 Å². The molecule has 0 radical (unpaired) electrons. The molecule has 1 saturated carbocycles. The number of amides is 6. The van der Waals surface area contributed by atoms with Crippen molar-refractivity contribution >= 4 is 63.2 Å². The third-order valence-electron chi connectivity index (χ3n) is 10.5. The van der Waals surface area contributed by atoms with Crippen molar-refractivity contribution in [3.8, 4) is 0 Å². The molecule has 2 aromatic heterocycles. The van der Waals surface area contributed by atoms with E-state index >= 15 is 0 Å². The van der Waals surface area contributed by atoms with Crippen molar-refractivity contribution in [1.82, 2.24) is 46.4 Å². The minimum atomic E-state index is -0.614. The van der Waals surface area contributed by atoms with Gasteiger partial charge in [0.05, 0.1) is 37.2 Å². The second kappa shape index (κ2) is 24.5. The lowest BCUT2D eigenvalue weighted by molar-refractivity contribution is -0.129. The quantitative estimate of drug-likeness (QED) is 0.0682. The van der Waals surface area contributed by atoms with Gasteiger partial charge in [0.2, 0.25) is 35.4 Å². The number of rotatable bonds is 22. The second-order valence-corrected chi connectivity index (χ2v) is 15.2. The highest BCUT2D eigenvalue weighted by Crippen LogP contribution is 2.30. The number of anilines is 1. The Kier molecular flexibility index (Phi) is 19.1. The molecule has 2 atom stereocenters. The van der Waals surface area contributed by atoms with Crippen LogP contribution in [0.4, 0.5) is 5.82 Å². The van der Waals surface area contributed by atoms with Crippen LogP contribution in [0.2, 0.25) is 0 Å². The van der Waals surface area contributed by atoms with Gasteiger partial charge in [-0.1, -0.05) is 57.2 Å². The smallest absolute Gasteiger partial charge is 0.239 e. The van der Waals surface area contributed by atoms with Gasteiger partial charge in [0.1, 0.15) is 11.3 Å². The van der Waals surface area contributed by atoms with Gasteiger partial charge in [0.15, 0.2) is 5.82 Å². The molecule has 318 valence electrons. The van der Waals surface area contributed by atoms with Crippen molar-refractivity contribution in [3.05, 3.63) is 30.1 Å². The predicted octanol–water partition coefficient (Wildman–Crippen LogP) is 1.70. The number of aromatic nitrogens is 3. The molecule has 17 nitrogen and oxygen atoms in total. The molecule has 17 heteroatoms. The molecule has 1 aromatic carbocycles. The zero-order valence-corrected chi connectivity index (χ0v) is 34.0. The van der Waals surface area contributed by atoms with E-state index in [2.05, 4.69) is 48.4 Å². The minimum Gasteiger partial charge on any atom is -0.382 e. The average molecular weight is 806 g/mol. The molecule has 3 aromatic rings. The minimum absolute atomic E-state index is 0.0408. The first-order chi connectivity index (χ1) is 28.1. The van der Waals surface area contributed by atoms with E-state index in [1.54, 1.807) is 0 Å². The number of benzene rings is 1. The van der Waals surface area contributed by atoms with Crippen LogP contribution in [0.1, 0.15) is 96.2 Å². The number of pyridine rings is 1. The number of aryl methyl sites for hydroxylation is 2. The number of nitrogens with two attached hydrogens (primary N) is 2. The Morgan fingerprint density at radius 3 is 1.93 bits per heavy atom. The Balaban J connectivity index is 1.04. The van der Waals surface area contributed by atoms with E-state index in [0.717, 1.165) is 80.0 Å². The van der Waals surface area contributed by atoms with Crippen molar-refractivity contribution < 1.29 is 28.8 Å². The first-order valence-corrected chi connectivity index (χ1v) is 20.9. The van der Waals surface area contributed by atoms with Gasteiger partial charge in [-0.25, -0.2) is 9.97 Å². The third-order valence-corrected chi connectivity index (χ3v) is 10.5. The molecule has 0 saturated heterocycles. The zero-order valence-electron chi connectivity index (χ0n) is 34.0. The maximum atomic E-state index is 12.4. The summed E-state index contributed by atoms with van der Waals surface area (Å²) in [4.78, 5) is 82.8. The molecule has 1 aliphatic rings. The molecule has 6 amide bonds. The molecule has 10 N–H and O–H groups in total. The lowest BCUT2D eigenvalue weighted by Gasteiger charge is -2.22. The number of nitrogens with zero attached hydrogens (tertiary/aromatic N) is 3. The lowest BCUT2D eigenvalue weighted by Crippen LogP contribution is -2.46. The number of imidazole rings is 1. The average Bonchev–Trinajstić information content (AvgIpc) is 3.64. The third kappa shape index (κ3) is 15.2. The van der Waals surface area contributed by atoms with Crippen molar-refractivity contribution in [1.29, 1.82) is 0 Å². The first-order valence-electron chi connectivity index (χ1n) is 20.9. The highest BCUT2D eigenvalue weighted by molar-refractivity contribution is 6.06. The van der Waals surface area contributed by atoms with Gasteiger partial charge >= 0.3 is 0 Å². The number of hydrogen-bond acceptors (Lipinski definition) is 10. The maximum absolute atomic E-state index is 12.4. The van der Waals surface area contributed by atoms with Crippen LogP contribution in [0.3, 0.4) is 0 Å². The summed E-state index contributed by atoms with van der Waals surface area (Å²) in [5.74, 6) is -0.627. The van der Waals surface area contributed by atoms with Crippen molar-refractivity contribution in [2.75, 3.05) is 51.5 Å². The Bertz CT molecular complexity index is 1850. The molecule has 4 rings (SSSR count). The SMILES string of the molecule is CCCCc1nc2c(N)nc3ccccc3c2n1CCCCNC(=O)CCC(=O)NCC(=O)NCC(=O)NCC(=O)NCC(=O)NCC1CCCCCCC(CN)C1. The standard InChI is InChI=1S/C41H63N11O6/c1-2-3-16-32-51-39-40(30-14-8-9-15-31(30)50-41(39)43)52(32)20-11-10-19-44-33(53)17-18-34(54)46-24-36(56)48-26-38(58)49-27-37(57)47-25-35(55)45-23-29-13-7-5-4-6-12-28(21-29)22-42/h8-9,14-15,28-29H,2-7,10-13,16-27,42H2,1H3,(H2,43,50)(H,44,53)(H,45,55)(H,46,54)(H,47,57)(H,48,56)(H,49,58). The number of para-hydroxylation sites is 1. The summed E-state index contributed by atoms with van der Waals surface area (Å²) in [6, 6.07) is 7.88. The van der Waals surface area contributed by atoms with Gasteiger partial charge in [-0.3, -0.25) is 28.8 Å². The van der Waals surface area contributed by atoms with E-state index in [1.165, 1.54) is 19.3 Å². The molecular weight excluding hydrogens is 743 g/mol. The van der Waals surface area contributed by atoms with E-state index in [-0.39, 0.29) is 44.3 Å². The topological polar surface area (TPSA) is 257 Å². The highest BCUT2D eigenvalue weighted by atomic mass is 16.2. The fourth-order valence-electron chi connectivity index (χ4n) is 7.25. The van der Waals surface area contributed by atoms with Crippen LogP contribution in [0.5, 0.6) is 0 Å². The number of nitrogen functional groups attached to an aromatic ring is 1. The van der Waals surface area contributed by atoms with Gasteiger partial charge in [-0.15, -0.1) is 0 Å². The second-order valence-electron chi connectivity index (χ2n) is 15.2. The Morgan fingerprint density at radius 2 is 1.29 bits per heavy atom. The lowest BCUT2D eigenvalue weighted by atomic mass is 9.89. The number of hydrogen-bond donors (Lipinski definition) is 8. The van der Waals surface area contributed by atoms with Gasteiger partial charge < -0.3 is 47.9 Å². The molecule has 0 bridgehead atoms. The highest BCUT2D eigenvalue weighted by Gasteiger charge is 2.20. The normalized spacial score (nSPS) is 15.8. The summed E-state index contributed by atoms with van der Waals surface area (Å²) in [6.45, 7) is 3.12. The van der Waals surface area contributed by atoms with Crippen molar-refractivity contribution in [2.24, 2.45) is 17.6 Å². The fraction of sp³-hybridized carbons (Fsp3) is 0.610. The van der Waals surface area contributed by atoms with Crippen LogP contribution >= 0.6 is 0 Å². The maximum Gasteiger partial charge on any atom is 0.239 e. The molecule has 2 unspecified atom stereocenters. The number of unbranched alkanes of at least 4 members (excludes halogenated alkanes) is 2. The summed E-state index contributed by atoms with van der Waals surface area (Å²) in [5, 5.41) is 16.4. The summed E-state index contributed by atoms with van der Waals surface area (Å²) in [5.41, 5.74) is 14.7. The summed E-state index contributed by atoms with van der Waals surface area (Å²) >= 11 is 0. The van der Waals surface area contributed by atoms with Crippen molar-refractivity contribution in [2.45, 2.75) is 103 Å². The van der Waals surface area contributed by atoms with E-state index in [9.17, 15) is 28.8 Å². The van der Waals surface area contributed by atoms with Crippen LogP contribution in [-0.4, -0.2) is 95.8 Å². The fourth-order valence-corrected chi connectivity index (χ4v) is 7.25. The summed E-state index contributed by atoms with van der Waals surface area (Å²) in [7, 11) is 0. The van der Waals surface area contributed by atoms with Crippen LogP contribution < -0.4 is 43.4 Å². The number of carbonyl (C=O) groups excluding carboxylic acids is 6. The van der Waals surface area contributed by atoms with E-state index in [4.69, 9.17) is 16.5 Å². The van der Waals surface area contributed by atoms with E-state index in [1.807, 2.05) is 24.3 Å². The van der Waals surface area contributed by atoms with Crippen LogP contribution in [-0.2, 0) is 41.7 Å². The van der Waals surface area contributed by atoms with Crippen LogP contribution in [0, 0.1) is 11.8 Å². The Morgan fingerprint density at radius 1 is 0.707 bits per heavy atom. The van der Waals surface area contributed by atoms with Gasteiger partial charge in [-0.2, -0.15) is 0 Å². The van der Waals surface area contributed by atoms with Gasteiger partial charge in [0, 0.05) is 44.3 Å². The molecule has 0 spiro atoms. The van der Waals surface area contributed by atoms with Crippen molar-refractivity contribution in [3.63, 3.8) is 0 Å². The van der Waals surface area contributed by atoms with E-state index in [0.29, 0.717) is 49.3 Å². The Hall–Kier alpha value is -5.32. The number of carbonyl (C=O) groups is 6. The van der Waals surface area contributed by atoms with Crippen LogP contribution in [0.15, 0.2) is 24.3 Å². The number of fused-ring (bicyclic) bond motifs is 3. The number of nitrogens with one attached hydrogen (secondary N) is 6. The largest absolute Gasteiger partial charge is 0.382 e. The molecule has 2 heterocycles. The summed E-state index contributed by atoms with van der Waals surface area (Å²) < 4.78 is 2.22. The molecule has 1 fully saturated rings. The van der Waals surface area contributed by atoms with Crippen LogP contribution in [0.25, 0.3) is 21.9 Å². The zero-order chi connectivity index (χ0) is 41.7. The Labute approximate surface area is 340 Å². The van der Waals surface area contributed by atoms with Gasteiger partial charge in [0.25, 0.3) is 0 Å². The predicted molar refractivity (Wildman–Crippen MR) is 223 cm³/mol. The monoisotopic (exact) mass is 805 g/mol. The van der Waals surface area contributed by atoms with E-state index < -0.39 is 30.2 Å². The molecule has 0 aliphatic heterocycles. The summed E-state index contributed by atoms with van der Waals surface area (Å²) in [6.07, 6.45) is 12.1. The molecule has 58 heavy (non-hydrogen) atoms. The molecular formula is C41H63N11O6. The molecule has 1 aliphatic carbocycles.